The first-order chi connectivity index (χ1) is 14.2. The lowest BCUT2D eigenvalue weighted by Gasteiger charge is -2.26. The fourth-order valence-corrected chi connectivity index (χ4v) is 3.61. The van der Waals surface area contributed by atoms with Gasteiger partial charge in [-0.15, -0.1) is 0 Å². The highest BCUT2D eigenvalue weighted by Crippen LogP contribution is 2.34. The lowest BCUT2D eigenvalue weighted by Crippen LogP contribution is -2.25. The van der Waals surface area contributed by atoms with E-state index in [0.29, 0.717) is 16.5 Å². The predicted octanol–water partition coefficient (Wildman–Crippen LogP) is 5.68. The standard InChI is InChI=1S/C23H21N5S/c1-17-12-14-20(15-13-17)29-23-21(24)22(25-16-26-23)27-28(18-8-4-2-5-9-18)19-10-6-3-7-11-19/h2-16H,24H2,1H3,(H,25,26,27). The van der Waals surface area contributed by atoms with Gasteiger partial charge in [-0.25, -0.2) is 9.97 Å². The van der Waals surface area contributed by atoms with Gasteiger partial charge < -0.3 is 5.73 Å². The Hall–Kier alpha value is -3.51. The van der Waals surface area contributed by atoms with Gasteiger partial charge in [0.25, 0.3) is 0 Å². The second-order valence-corrected chi connectivity index (χ2v) is 7.54. The van der Waals surface area contributed by atoms with E-state index >= 15 is 0 Å². The van der Waals surface area contributed by atoms with Crippen LogP contribution in [0.15, 0.2) is 101 Å². The van der Waals surface area contributed by atoms with Crippen LogP contribution in [-0.2, 0) is 0 Å². The van der Waals surface area contributed by atoms with Crippen molar-refractivity contribution < 1.29 is 0 Å². The van der Waals surface area contributed by atoms with Crippen molar-refractivity contribution in [3.63, 3.8) is 0 Å². The van der Waals surface area contributed by atoms with Crippen molar-refractivity contribution in [3.05, 3.63) is 96.8 Å². The Morgan fingerprint density at radius 1 is 0.793 bits per heavy atom. The molecule has 4 aromatic rings. The molecule has 0 amide bonds. The summed E-state index contributed by atoms with van der Waals surface area (Å²) in [5.41, 5.74) is 13.5. The predicted molar refractivity (Wildman–Crippen MR) is 120 cm³/mol. The van der Waals surface area contributed by atoms with Crippen molar-refractivity contribution in [2.75, 3.05) is 16.2 Å². The van der Waals surface area contributed by atoms with E-state index < -0.39 is 0 Å². The maximum atomic E-state index is 6.43. The number of hydrazine groups is 1. The van der Waals surface area contributed by atoms with E-state index in [9.17, 15) is 0 Å². The minimum absolute atomic E-state index is 0.509. The first-order valence-corrected chi connectivity index (χ1v) is 10.0. The molecule has 0 saturated carbocycles. The molecule has 4 rings (SSSR count). The number of aryl methyl sites for hydroxylation is 1. The molecule has 0 unspecified atom stereocenters. The first kappa shape index (κ1) is 18.8. The molecular formula is C23H21N5S. The van der Waals surface area contributed by atoms with Crippen molar-refractivity contribution >= 4 is 34.6 Å². The van der Waals surface area contributed by atoms with E-state index in [2.05, 4.69) is 46.6 Å². The average molecular weight is 400 g/mol. The number of para-hydroxylation sites is 2. The van der Waals surface area contributed by atoms with Gasteiger partial charge in [0.1, 0.15) is 17.0 Å². The molecule has 0 spiro atoms. The van der Waals surface area contributed by atoms with Crippen molar-refractivity contribution in [3.8, 4) is 0 Å². The van der Waals surface area contributed by atoms with Crippen LogP contribution in [0.5, 0.6) is 0 Å². The monoisotopic (exact) mass is 399 g/mol. The lowest BCUT2D eigenvalue weighted by atomic mass is 10.2. The van der Waals surface area contributed by atoms with Crippen LogP contribution in [0.3, 0.4) is 0 Å². The minimum Gasteiger partial charge on any atom is -0.393 e. The fourth-order valence-electron chi connectivity index (χ4n) is 2.81. The number of anilines is 4. The molecule has 1 heterocycles. The quantitative estimate of drug-likeness (QED) is 0.321. The van der Waals surface area contributed by atoms with Crippen molar-refractivity contribution in [2.45, 2.75) is 16.8 Å². The number of benzene rings is 3. The van der Waals surface area contributed by atoms with Crippen LogP contribution >= 0.6 is 11.8 Å². The second kappa shape index (κ2) is 8.67. The molecule has 1 aromatic heterocycles. The Balaban J connectivity index is 1.65. The van der Waals surface area contributed by atoms with Gasteiger partial charge >= 0.3 is 0 Å². The highest BCUT2D eigenvalue weighted by Gasteiger charge is 2.15. The summed E-state index contributed by atoms with van der Waals surface area (Å²) in [5.74, 6) is 0.558. The van der Waals surface area contributed by atoms with Crippen molar-refractivity contribution in [2.24, 2.45) is 0 Å². The maximum absolute atomic E-state index is 6.43. The summed E-state index contributed by atoms with van der Waals surface area (Å²) >= 11 is 1.52. The number of rotatable bonds is 6. The summed E-state index contributed by atoms with van der Waals surface area (Å²) < 4.78 is 0. The second-order valence-electron chi connectivity index (χ2n) is 6.47. The van der Waals surface area contributed by atoms with E-state index in [1.54, 1.807) is 0 Å². The van der Waals surface area contributed by atoms with E-state index in [1.165, 1.54) is 23.7 Å². The zero-order valence-corrected chi connectivity index (χ0v) is 16.8. The van der Waals surface area contributed by atoms with Gasteiger partial charge in [-0.05, 0) is 43.3 Å². The zero-order valence-electron chi connectivity index (χ0n) is 16.0. The molecule has 0 saturated heterocycles. The Bertz CT molecular complexity index is 1030. The summed E-state index contributed by atoms with van der Waals surface area (Å²) in [6.07, 6.45) is 1.53. The lowest BCUT2D eigenvalue weighted by molar-refractivity contribution is 1.03. The van der Waals surface area contributed by atoms with Crippen LogP contribution in [0.25, 0.3) is 0 Å². The number of nitrogen functional groups attached to an aromatic ring is 1. The van der Waals surface area contributed by atoms with Gasteiger partial charge in [0, 0.05) is 4.90 Å². The van der Waals surface area contributed by atoms with E-state index in [-0.39, 0.29) is 0 Å². The Morgan fingerprint density at radius 3 is 1.97 bits per heavy atom. The number of nitrogens with zero attached hydrogens (tertiary/aromatic N) is 3. The van der Waals surface area contributed by atoms with Crippen LogP contribution in [0.1, 0.15) is 5.56 Å². The number of nitrogens with one attached hydrogen (secondary N) is 1. The summed E-state index contributed by atoms with van der Waals surface area (Å²) in [6.45, 7) is 2.07. The Morgan fingerprint density at radius 2 is 1.38 bits per heavy atom. The molecule has 0 aliphatic carbocycles. The highest BCUT2D eigenvalue weighted by atomic mass is 32.2. The smallest absolute Gasteiger partial charge is 0.172 e. The summed E-state index contributed by atoms with van der Waals surface area (Å²) in [7, 11) is 0. The molecule has 0 fully saturated rings. The summed E-state index contributed by atoms with van der Waals surface area (Å²) in [4.78, 5) is 9.84. The molecule has 144 valence electrons. The van der Waals surface area contributed by atoms with E-state index in [0.717, 1.165) is 16.3 Å². The van der Waals surface area contributed by atoms with Crippen molar-refractivity contribution in [1.29, 1.82) is 0 Å². The highest BCUT2D eigenvalue weighted by molar-refractivity contribution is 7.99. The molecule has 0 bridgehead atoms. The third kappa shape index (κ3) is 4.50. The van der Waals surface area contributed by atoms with Crippen LogP contribution in [0.2, 0.25) is 0 Å². The Kier molecular flexibility index (Phi) is 5.63. The normalized spacial score (nSPS) is 10.5. The largest absolute Gasteiger partial charge is 0.393 e. The molecule has 3 N–H and O–H groups in total. The summed E-state index contributed by atoms with van der Waals surface area (Å²) in [5, 5.41) is 2.67. The molecule has 3 aromatic carbocycles. The van der Waals surface area contributed by atoms with Gasteiger partial charge in [0.15, 0.2) is 5.82 Å². The van der Waals surface area contributed by atoms with E-state index in [4.69, 9.17) is 5.73 Å². The molecule has 0 aliphatic rings. The molecule has 6 heteroatoms. The molecule has 0 radical (unpaired) electrons. The summed E-state index contributed by atoms with van der Waals surface area (Å²) in [6, 6.07) is 28.3. The van der Waals surface area contributed by atoms with Gasteiger partial charge in [0.2, 0.25) is 0 Å². The fraction of sp³-hybridized carbons (Fsp3) is 0.0435. The third-order valence-electron chi connectivity index (χ3n) is 4.33. The number of nitrogens with two attached hydrogens (primary N) is 1. The zero-order chi connectivity index (χ0) is 20.1. The van der Waals surface area contributed by atoms with Gasteiger partial charge in [-0.2, -0.15) is 0 Å². The minimum atomic E-state index is 0.509. The van der Waals surface area contributed by atoms with E-state index in [1.807, 2.05) is 65.7 Å². The van der Waals surface area contributed by atoms with Crippen LogP contribution in [0, 0.1) is 6.92 Å². The van der Waals surface area contributed by atoms with Gasteiger partial charge in [-0.3, -0.25) is 10.4 Å². The third-order valence-corrected chi connectivity index (χ3v) is 5.36. The van der Waals surface area contributed by atoms with Crippen LogP contribution < -0.4 is 16.2 Å². The molecule has 29 heavy (non-hydrogen) atoms. The number of hydrogen-bond acceptors (Lipinski definition) is 6. The van der Waals surface area contributed by atoms with Crippen LogP contribution in [0.4, 0.5) is 22.9 Å². The number of aromatic nitrogens is 2. The average Bonchev–Trinajstić information content (AvgIpc) is 2.77. The van der Waals surface area contributed by atoms with Gasteiger partial charge in [0.05, 0.1) is 11.4 Å². The first-order valence-electron chi connectivity index (χ1n) is 9.22. The molecule has 0 aliphatic heterocycles. The number of hydrogen-bond donors (Lipinski definition) is 2. The van der Waals surface area contributed by atoms with Gasteiger partial charge in [-0.1, -0.05) is 65.9 Å². The maximum Gasteiger partial charge on any atom is 0.172 e. The van der Waals surface area contributed by atoms with Crippen molar-refractivity contribution in [1.82, 2.24) is 9.97 Å². The SMILES string of the molecule is Cc1ccc(Sc2ncnc(NN(c3ccccc3)c3ccccc3)c2N)cc1. The van der Waals surface area contributed by atoms with Crippen LogP contribution in [-0.4, -0.2) is 9.97 Å². The molecular weight excluding hydrogens is 378 g/mol. The topological polar surface area (TPSA) is 67.1 Å². The molecule has 5 nitrogen and oxygen atoms in total. The molecule has 0 atom stereocenters. The Labute approximate surface area is 174 Å².